The lowest BCUT2D eigenvalue weighted by molar-refractivity contribution is 0.00474. The maximum Gasteiger partial charge on any atom is 0.0900 e. The van der Waals surface area contributed by atoms with E-state index in [1.54, 1.807) is 0 Å². The second-order valence-corrected chi connectivity index (χ2v) is 8.39. The fourth-order valence-corrected chi connectivity index (χ4v) is 5.19. The lowest BCUT2D eigenvalue weighted by atomic mass is 9.95. The number of aromatic nitrogens is 1. The molecule has 2 fully saturated rings. The van der Waals surface area contributed by atoms with Crippen molar-refractivity contribution >= 4 is 11.3 Å². The molecule has 3 unspecified atom stereocenters. The smallest absolute Gasteiger partial charge is 0.0900 e. The van der Waals surface area contributed by atoms with Gasteiger partial charge in [0.05, 0.1) is 10.7 Å². The number of hydrogen-bond acceptors (Lipinski definition) is 4. The lowest BCUT2D eigenvalue weighted by Gasteiger charge is -2.48. The van der Waals surface area contributed by atoms with Gasteiger partial charge in [-0.1, -0.05) is 13.8 Å². The summed E-state index contributed by atoms with van der Waals surface area (Å²) in [4.78, 5) is 11.6. The van der Waals surface area contributed by atoms with Crippen LogP contribution in [-0.2, 0) is 0 Å². The van der Waals surface area contributed by atoms with Gasteiger partial charge in [0.1, 0.15) is 0 Å². The van der Waals surface area contributed by atoms with Gasteiger partial charge in [-0.05, 0) is 46.1 Å². The largest absolute Gasteiger partial charge is 0.298 e. The molecule has 3 rings (SSSR count). The van der Waals surface area contributed by atoms with E-state index >= 15 is 0 Å². The molecule has 3 atom stereocenters. The van der Waals surface area contributed by atoms with Crippen molar-refractivity contribution in [1.29, 1.82) is 0 Å². The van der Waals surface area contributed by atoms with Crippen molar-refractivity contribution in [3.05, 3.63) is 15.6 Å². The average molecular weight is 308 g/mol. The van der Waals surface area contributed by atoms with Crippen LogP contribution >= 0.6 is 11.3 Å². The summed E-state index contributed by atoms with van der Waals surface area (Å²) in [6.45, 7) is 15.3. The Morgan fingerprint density at radius 2 is 1.95 bits per heavy atom. The first-order valence-electron chi connectivity index (χ1n) is 8.41. The highest BCUT2D eigenvalue weighted by Crippen LogP contribution is 2.36. The van der Waals surface area contributed by atoms with Crippen molar-refractivity contribution in [1.82, 2.24) is 14.8 Å². The van der Waals surface area contributed by atoms with Gasteiger partial charge < -0.3 is 0 Å². The Labute approximate surface area is 133 Å². The summed E-state index contributed by atoms with van der Waals surface area (Å²) in [5, 5.41) is 1.20. The van der Waals surface area contributed by atoms with E-state index in [1.807, 2.05) is 11.3 Å². The first-order valence-corrected chi connectivity index (χ1v) is 9.22. The van der Waals surface area contributed by atoms with Gasteiger partial charge >= 0.3 is 0 Å². The minimum Gasteiger partial charge on any atom is -0.298 e. The first-order chi connectivity index (χ1) is 9.97. The van der Waals surface area contributed by atoms with Gasteiger partial charge in [-0.2, -0.15) is 0 Å². The van der Waals surface area contributed by atoms with Crippen LogP contribution in [0.5, 0.6) is 0 Å². The fraction of sp³-hybridized carbons (Fsp3) is 0.824. The van der Waals surface area contributed by atoms with Crippen LogP contribution < -0.4 is 0 Å². The Morgan fingerprint density at radius 1 is 1.19 bits per heavy atom. The Kier molecular flexibility index (Phi) is 4.40. The van der Waals surface area contributed by atoms with Gasteiger partial charge in [-0.15, -0.1) is 11.3 Å². The molecule has 2 saturated heterocycles. The normalized spacial score (nSPS) is 29.0. The highest BCUT2D eigenvalue weighted by Gasteiger charge is 2.40. The molecule has 0 spiro atoms. The topological polar surface area (TPSA) is 19.4 Å². The molecular weight excluding hydrogens is 278 g/mol. The zero-order valence-electron chi connectivity index (χ0n) is 14.1. The molecule has 0 saturated carbocycles. The molecule has 1 aromatic rings. The predicted octanol–water partition coefficient (Wildman–Crippen LogP) is 3.63. The lowest BCUT2D eigenvalue weighted by Crippen LogP contribution is -2.58. The van der Waals surface area contributed by atoms with Crippen LogP contribution in [0.2, 0.25) is 0 Å². The van der Waals surface area contributed by atoms with Gasteiger partial charge in [0, 0.05) is 36.1 Å². The number of nitrogens with zero attached hydrogens (tertiary/aromatic N) is 3. The van der Waals surface area contributed by atoms with E-state index in [0.29, 0.717) is 18.0 Å². The number of fused-ring (bicyclic) bond motifs is 1. The predicted molar refractivity (Wildman–Crippen MR) is 89.9 cm³/mol. The van der Waals surface area contributed by atoms with Crippen LogP contribution in [0.25, 0.3) is 0 Å². The fourth-order valence-electron chi connectivity index (χ4n) is 4.19. The van der Waals surface area contributed by atoms with Crippen LogP contribution in [0, 0.1) is 19.8 Å². The second-order valence-electron chi connectivity index (χ2n) is 7.16. The summed E-state index contributed by atoms with van der Waals surface area (Å²) < 4.78 is 0. The Hall–Kier alpha value is -0.450. The quantitative estimate of drug-likeness (QED) is 0.850. The first kappa shape index (κ1) is 15.4. The Balaban J connectivity index is 1.85. The summed E-state index contributed by atoms with van der Waals surface area (Å²) in [7, 11) is 0. The monoisotopic (exact) mass is 307 g/mol. The number of hydrogen-bond donors (Lipinski definition) is 0. The summed E-state index contributed by atoms with van der Waals surface area (Å²) in [6, 6.07) is 1.97. The molecule has 0 amide bonds. The molecule has 2 aliphatic rings. The van der Waals surface area contributed by atoms with Gasteiger partial charge in [-0.25, -0.2) is 4.98 Å². The minimum atomic E-state index is 0.506. The van der Waals surface area contributed by atoms with Gasteiger partial charge in [0.2, 0.25) is 0 Å². The third kappa shape index (κ3) is 2.90. The minimum absolute atomic E-state index is 0.506. The molecule has 0 aromatic carbocycles. The van der Waals surface area contributed by atoms with Crippen molar-refractivity contribution in [3.63, 3.8) is 0 Å². The van der Waals surface area contributed by atoms with Crippen LogP contribution in [0.3, 0.4) is 0 Å². The third-order valence-electron chi connectivity index (χ3n) is 5.35. The summed E-state index contributed by atoms with van der Waals surface area (Å²) >= 11 is 1.89. The zero-order valence-corrected chi connectivity index (χ0v) is 14.9. The highest BCUT2D eigenvalue weighted by atomic mass is 32.1. The summed E-state index contributed by atoms with van der Waals surface area (Å²) in [5.41, 5.74) is 1.24. The van der Waals surface area contributed by atoms with Crippen LogP contribution in [0.1, 0.15) is 55.2 Å². The van der Waals surface area contributed by atoms with E-state index in [-0.39, 0.29) is 0 Å². The number of thiazole rings is 1. The molecule has 0 N–H and O–H groups in total. The molecule has 0 bridgehead atoms. The van der Waals surface area contributed by atoms with Crippen molar-refractivity contribution in [2.45, 2.75) is 65.6 Å². The Bertz CT molecular complexity index is 496. The average Bonchev–Trinajstić information content (AvgIpc) is 3.01. The second kappa shape index (κ2) is 5.98. The standard InChI is InChI=1S/C17H29N3S/c1-11(2)16-10-19-8-6-7-15(19)9-20(16)13(4)17-12(3)18-14(5)21-17/h11,13,15-16H,6-10H2,1-5H3. The van der Waals surface area contributed by atoms with Crippen molar-refractivity contribution in [3.8, 4) is 0 Å². The number of piperazine rings is 1. The van der Waals surface area contributed by atoms with Crippen LogP contribution in [-0.4, -0.2) is 46.5 Å². The molecule has 0 radical (unpaired) electrons. The molecule has 118 valence electrons. The van der Waals surface area contributed by atoms with E-state index < -0.39 is 0 Å². The Morgan fingerprint density at radius 3 is 2.57 bits per heavy atom. The highest BCUT2D eigenvalue weighted by molar-refractivity contribution is 7.11. The van der Waals surface area contributed by atoms with E-state index in [4.69, 9.17) is 0 Å². The van der Waals surface area contributed by atoms with Crippen molar-refractivity contribution < 1.29 is 0 Å². The molecule has 2 aliphatic heterocycles. The molecule has 1 aromatic heterocycles. The van der Waals surface area contributed by atoms with Gasteiger partial charge in [0.25, 0.3) is 0 Å². The number of aryl methyl sites for hydroxylation is 2. The zero-order chi connectivity index (χ0) is 15.1. The van der Waals surface area contributed by atoms with E-state index in [9.17, 15) is 0 Å². The summed E-state index contributed by atoms with van der Waals surface area (Å²) in [6.07, 6.45) is 2.77. The van der Waals surface area contributed by atoms with Crippen molar-refractivity contribution in [2.75, 3.05) is 19.6 Å². The maximum atomic E-state index is 4.64. The van der Waals surface area contributed by atoms with Gasteiger partial charge in [0.15, 0.2) is 0 Å². The maximum absolute atomic E-state index is 4.64. The van der Waals surface area contributed by atoms with E-state index in [0.717, 1.165) is 6.04 Å². The number of rotatable bonds is 3. The molecule has 0 aliphatic carbocycles. The van der Waals surface area contributed by atoms with Gasteiger partial charge in [-0.3, -0.25) is 9.80 Å². The third-order valence-corrected chi connectivity index (χ3v) is 6.60. The summed E-state index contributed by atoms with van der Waals surface area (Å²) in [5.74, 6) is 0.711. The molecular formula is C17H29N3S. The van der Waals surface area contributed by atoms with Crippen LogP contribution in [0.4, 0.5) is 0 Å². The van der Waals surface area contributed by atoms with Crippen LogP contribution in [0.15, 0.2) is 0 Å². The molecule has 4 heteroatoms. The van der Waals surface area contributed by atoms with E-state index in [1.165, 1.54) is 48.1 Å². The SMILES string of the molecule is Cc1nc(C)c(C(C)N2CC3CCCN3CC2C(C)C)s1. The molecule has 21 heavy (non-hydrogen) atoms. The van der Waals surface area contributed by atoms with Crippen molar-refractivity contribution in [2.24, 2.45) is 5.92 Å². The molecule has 3 nitrogen and oxygen atoms in total. The molecule has 3 heterocycles. The van der Waals surface area contributed by atoms with E-state index in [2.05, 4.69) is 49.4 Å².